The lowest BCUT2D eigenvalue weighted by Crippen LogP contribution is -2.48. The van der Waals surface area contributed by atoms with Crippen LogP contribution in [-0.2, 0) is 16.0 Å². The molecule has 36 heavy (non-hydrogen) atoms. The number of nitrogens with one attached hydrogen (secondary N) is 2. The van der Waals surface area contributed by atoms with Crippen LogP contribution in [0.3, 0.4) is 0 Å². The topological polar surface area (TPSA) is 196 Å². The first kappa shape index (κ1) is 27.2. The van der Waals surface area contributed by atoms with Crippen LogP contribution in [0.15, 0.2) is 35.5 Å². The highest BCUT2D eigenvalue weighted by atomic mass is 16.4. The summed E-state index contributed by atoms with van der Waals surface area (Å²) in [6.07, 6.45) is 6.17. The van der Waals surface area contributed by atoms with E-state index in [9.17, 15) is 9.59 Å². The number of aliphatic carboxylic acids is 1. The number of carboxylic acids is 1. The van der Waals surface area contributed by atoms with Crippen LogP contribution in [0.4, 0.5) is 0 Å². The number of hydrogen-bond acceptors (Lipinski definition) is 6. The third-order valence-corrected chi connectivity index (χ3v) is 6.55. The molecule has 1 unspecified atom stereocenters. The van der Waals surface area contributed by atoms with E-state index in [2.05, 4.69) is 57.7 Å². The van der Waals surface area contributed by atoms with E-state index >= 15 is 0 Å². The maximum atomic E-state index is 12.5. The number of carbonyl (C=O) groups excluding carboxylic acids is 1. The van der Waals surface area contributed by atoms with E-state index in [1.54, 1.807) is 0 Å². The summed E-state index contributed by atoms with van der Waals surface area (Å²) in [6.45, 7) is 2.89. The third kappa shape index (κ3) is 6.42. The number of nitrogens with two attached hydrogens (primary N) is 3. The van der Waals surface area contributed by atoms with Gasteiger partial charge in [0.2, 0.25) is 5.91 Å². The average molecular weight is 500 g/mol. The lowest BCUT2D eigenvalue weighted by atomic mass is 9.80. The number of rotatable bonds is 8. The minimum atomic E-state index is -1.00. The van der Waals surface area contributed by atoms with Gasteiger partial charge in [-0.05, 0) is 56.0 Å². The number of aromatic amines is 1. The molecule has 10 N–H and O–H groups in total. The van der Waals surface area contributed by atoms with Gasteiger partial charge in [0.15, 0.2) is 5.96 Å². The first-order chi connectivity index (χ1) is 17.1. The zero-order chi connectivity index (χ0) is 26.4. The molecular weight excluding hydrogens is 462 g/mol. The Labute approximate surface area is 210 Å². The number of aliphatic imine (C=N–C) groups is 1. The number of amides is 1. The van der Waals surface area contributed by atoms with Gasteiger partial charge in [0.25, 0.3) is 0 Å². The molecule has 0 radical (unpaired) electrons. The van der Waals surface area contributed by atoms with E-state index in [0.29, 0.717) is 32.0 Å². The van der Waals surface area contributed by atoms with Gasteiger partial charge in [-0.2, -0.15) is 0 Å². The van der Waals surface area contributed by atoms with Crippen LogP contribution in [0, 0.1) is 5.92 Å². The fourth-order valence-electron chi connectivity index (χ4n) is 4.65. The van der Waals surface area contributed by atoms with Gasteiger partial charge in [-0.1, -0.05) is 18.2 Å². The zero-order valence-corrected chi connectivity index (χ0v) is 20.8. The number of carboxylic acid groups (broad SMARTS) is 1. The molecule has 1 amide bonds. The van der Waals surface area contributed by atoms with Gasteiger partial charge in [0, 0.05) is 42.3 Å². The van der Waals surface area contributed by atoms with Crippen molar-refractivity contribution in [3.8, 4) is 0 Å². The Kier molecular flexibility index (Phi) is 9.08. The molecule has 1 aliphatic heterocycles. The highest BCUT2D eigenvalue weighted by Crippen LogP contribution is 2.40. The molecule has 1 aromatic heterocycles. The second-order valence-electron chi connectivity index (χ2n) is 9.42. The first-order valence-electron chi connectivity index (χ1n) is 12.1. The van der Waals surface area contributed by atoms with Crippen LogP contribution in [0.2, 0.25) is 0 Å². The molecule has 2 heterocycles. The third-order valence-electron chi connectivity index (χ3n) is 6.55. The molecule has 4 atom stereocenters. The molecule has 0 spiro atoms. The van der Waals surface area contributed by atoms with Crippen molar-refractivity contribution in [2.75, 3.05) is 26.7 Å². The van der Waals surface area contributed by atoms with Crippen molar-refractivity contribution >= 4 is 34.3 Å². The number of fused-ring (bicyclic) bond motifs is 2. The van der Waals surface area contributed by atoms with Crippen molar-refractivity contribution in [1.29, 1.82) is 0 Å². The highest BCUT2D eigenvalue weighted by molar-refractivity contribution is 5.99. The van der Waals surface area contributed by atoms with E-state index in [-0.39, 0.29) is 30.4 Å². The number of likely N-dealkylation sites (N-methyl/N-ethyl adjacent to an activating group) is 1. The number of aromatic nitrogens is 1. The Bertz CT molecular complexity index is 1140. The Morgan fingerprint density at radius 1 is 1.33 bits per heavy atom. The van der Waals surface area contributed by atoms with Crippen molar-refractivity contribution in [3.05, 3.63) is 41.6 Å². The Balaban J connectivity index is 0.000000257. The Morgan fingerprint density at radius 3 is 2.75 bits per heavy atom. The summed E-state index contributed by atoms with van der Waals surface area (Å²) in [5.74, 6) is -1.19. The molecule has 1 aromatic carbocycles. The molecule has 0 bridgehead atoms. The number of guanidine groups is 1. The van der Waals surface area contributed by atoms with Crippen molar-refractivity contribution in [2.45, 2.75) is 44.3 Å². The molecule has 0 saturated carbocycles. The number of aliphatic hydroxyl groups is 1. The molecule has 11 nitrogen and oxygen atoms in total. The van der Waals surface area contributed by atoms with E-state index in [1.807, 2.05) is 6.92 Å². The van der Waals surface area contributed by atoms with Crippen LogP contribution in [0.25, 0.3) is 16.5 Å². The maximum Gasteiger partial charge on any atom is 0.320 e. The van der Waals surface area contributed by atoms with Crippen LogP contribution in [0.1, 0.15) is 30.9 Å². The fourth-order valence-corrected chi connectivity index (χ4v) is 4.65. The molecule has 0 fully saturated rings. The second-order valence-corrected chi connectivity index (χ2v) is 9.42. The predicted molar refractivity (Wildman–Crippen MR) is 140 cm³/mol. The van der Waals surface area contributed by atoms with Gasteiger partial charge in [-0.15, -0.1) is 0 Å². The molecule has 1 aliphatic carbocycles. The van der Waals surface area contributed by atoms with Gasteiger partial charge >= 0.3 is 5.97 Å². The van der Waals surface area contributed by atoms with Crippen molar-refractivity contribution in [2.24, 2.45) is 28.1 Å². The summed E-state index contributed by atoms with van der Waals surface area (Å²) >= 11 is 0. The molecular formula is C25H37N7O4. The molecule has 2 aromatic rings. The summed E-state index contributed by atoms with van der Waals surface area (Å²) in [6, 6.07) is 5.60. The zero-order valence-electron chi connectivity index (χ0n) is 20.8. The summed E-state index contributed by atoms with van der Waals surface area (Å²) in [5, 5.41) is 21.7. The second kappa shape index (κ2) is 12.0. The lowest BCUT2D eigenvalue weighted by molar-refractivity contribution is -0.138. The predicted octanol–water partition coefficient (Wildman–Crippen LogP) is -0.0135. The number of hydrogen-bond donors (Lipinski definition) is 7. The quantitative estimate of drug-likeness (QED) is 0.149. The van der Waals surface area contributed by atoms with Gasteiger partial charge in [0.05, 0.1) is 12.5 Å². The number of nitrogens with zero attached hydrogens (tertiary/aromatic N) is 2. The standard InChI is InChI=1S/C19H23N3O2.C6H14N4O2/c1-11(10-23)21-19(24)13-6-15-14-4-3-5-16-18(14)12(8-20-16)7-17(15)22(2)9-13;7-4(5(11)12)2-1-3-10-6(8)9/h3-6,8,11,13,17,20,23H,7,9-10H2,1-2H3,(H,21,24);4H,1-3,7H2,(H,11,12)(H4,8,9,10)/t11-,13+,17+;/m0./s1. The van der Waals surface area contributed by atoms with E-state index < -0.39 is 12.0 Å². The monoisotopic (exact) mass is 499 g/mol. The fraction of sp³-hybridized carbons (Fsp3) is 0.480. The summed E-state index contributed by atoms with van der Waals surface area (Å²) < 4.78 is 0. The summed E-state index contributed by atoms with van der Waals surface area (Å²) in [4.78, 5) is 32.1. The van der Waals surface area contributed by atoms with Gasteiger partial charge < -0.3 is 37.7 Å². The normalized spacial score (nSPS) is 20.3. The van der Waals surface area contributed by atoms with Crippen LogP contribution >= 0.6 is 0 Å². The lowest BCUT2D eigenvalue weighted by Gasteiger charge is -2.39. The SMILES string of the molecule is C[C@@H](CO)NC(=O)[C@@H]1C=C2c3cccc4[nH]cc(c34)C[C@H]2N(C)C1.NC(N)=NCCCC(N)C(=O)O. The van der Waals surface area contributed by atoms with Gasteiger partial charge in [-0.25, -0.2) is 0 Å². The summed E-state index contributed by atoms with van der Waals surface area (Å²) in [5.41, 5.74) is 20.3. The largest absolute Gasteiger partial charge is 0.480 e. The maximum absolute atomic E-state index is 12.5. The van der Waals surface area contributed by atoms with E-state index in [4.69, 9.17) is 27.4 Å². The smallest absolute Gasteiger partial charge is 0.320 e. The average Bonchev–Trinajstić information content (AvgIpc) is 3.26. The van der Waals surface area contributed by atoms with E-state index in [1.165, 1.54) is 22.1 Å². The van der Waals surface area contributed by atoms with Crippen LogP contribution in [0.5, 0.6) is 0 Å². The molecule has 0 saturated heterocycles. The number of carbonyl (C=O) groups is 2. The van der Waals surface area contributed by atoms with E-state index in [0.717, 1.165) is 11.9 Å². The van der Waals surface area contributed by atoms with Crippen molar-refractivity contribution in [1.82, 2.24) is 15.2 Å². The van der Waals surface area contributed by atoms with Crippen molar-refractivity contribution < 1.29 is 19.8 Å². The molecule has 4 rings (SSSR count). The van der Waals surface area contributed by atoms with Crippen molar-refractivity contribution in [3.63, 3.8) is 0 Å². The number of H-pyrrole nitrogens is 1. The summed E-state index contributed by atoms with van der Waals surface area (Å²) in [7, 11) is 2.09. The number of benzene rings is 1. The minimum Gasteiger partial charge on any atom is -0.480 e. The van der Waals surface area contributed by atoms with Gasteiger partial charge in [0.1, 0.15) is 6.04 Å². The Morgan fingerprint density at radius 2 is 2.08 bits per heavy atom. The van der Waals surface area contributed by atoms with Gasteiger partial charge in [-0.3, -0.25) is 19.5 Å². The van der Waals surface area contributed by atoms with Crippen LogP contribution < -0.4 is 22.5 Å². The first-order valence-corrected chi connectivity index (χ1v) is 12.1. The highest BCUT2D eigenvalue weighted by Gasteiger charge is 2.35. The minimum absolute atomic E-state index is 0.0126. The Hall–Kier alpha value is -3.41. The molecule has 196 valence electrons. The number of aliphatic hydroxyl groups excluding tert-OH is 1. The molecule has 2 aliphatic rings. The van der Waals surface area contributed by atoms with Crippen LogP contribution in [-0.4, -0.2) is 82.8 Å². The molecule has 11 heteroatoms.